The number of fused-ring (bicyclic) bond motifs is 1. The monoisotopic (exact) mass is 557 g/mol. The van der Waals surface area contributed by atoms with Gasteiger partial charge in [-0.25, -0.2) is 4.98 Å². The van der Waals surface area contributed by atoms with Gasteiger partial charge in [-0.15, -0.1) is 35.3 Å². The third-order valence-corrected chi connectivity index (χ3v) is 6.42. The predicted octanol–water partition coefficient (Wildman–Crippen LogP) is 3.38. The molecule has 31 heavy (non-hydrogen) atoms. The van der Waals surface area contributed by atoms with Gasteiger partial charge in [0.1, 0.15) is 0 Å². The Morgan fingerprint density at radius 3 is 2.71 bits per heavy atom. The SMILES string of the molecule is CCNC(=NCCc1csc(CC)n1)N1CCN(Cc2ccc3c(c2)OCO3)CC1.I. The second kappa shape index (κ2) is 11.9. The molecular weight excluding hydrogens is 525 g/mol. The minimum absolute atomic E-state index is 0. The van der Waals surface area contributed by atoms with Crippen LogP contribution in [0.2, 0.25) is 0 Å². The molecule has 0 atom stereocenters. The number of rotatable bonds is 7. The second-order valence-electron chi connectivity index (χ2n) is 7.52. The number of nitrogens with zero attached hydrogens (tertiary/aromatic N) is 4. The van der Waals surface area contributed by atoms with Crippen molar-refractivity contribution < 1.29 is 9.47 Å². The molecule has 170 valence electrons. The van der Waals surface area contributed by atoms with Gasteiger partial charge >= 0.3 is 0 Å². The van der Waals surface area contributed by atoms with Gasteiger partial charge < -0.3 is 19.7 Å². The first-order valence-corrected chi connectivity index (χ1v) is 11.7. The number of hydrogen-bond donors (Lipinski definition) is 1. The van der Waals surface area contributed by atoms with E-state index in [1.807, 2.05) is 6.07 Å². The zero-order valence-electron chi connectivity index (χ0n) is 18.3. The normalized spacial score (nSPS) is 16.3. The quantitative estimate of drug-likeness (QED) is 0.320. The summed E-state index contributed by atoms with van der Waals surface area (Å²) in [6.45, 7) is 11.2. The Balaban J connectivity index is 0.00000272. The molecule has 0 radical (unpaired) electrons. The lowest BCUT2D eigenvalue weighted by Gasteiger charge is -2.36. The molecule has 0 amide bonds. The van der Waals surface area contributed by atoms with Gasteiger partial charge in [-0.3, -0.25) is 9.89 Å². The van der Waals surface area contributed by atoms with Gasteiger partial charge in [0.15, 0.2) is 17.5 Å². The average Bonchev–Trinajstić information content (AvgIpc) is 3.42. The van der Waals surface area contributed by atoms with E-state index < -0.39 is 0 Å². The van der Waals surface area contributed by atoms with Crippen LogP contribution in [-0.4, -0.2) is 66.8 Å². The van der Waals surface area contributed by atoms with E-state index in [1.165, 1.54) is 10.6 Å². The lowest BCUT2D eigenvalue weighted by molar-refractivity contribution is 0.171. The molecule has 0 bridgehead atoms. The smallest absolute Gasteiger partial charge is 0.231 e. The van der Waals surface area contributed by atoms with Gasteiger partial charge in [0.2, 0.25) is 6.79 Å². The van der Waals surface area contributed by atoms with Gasteiger partial charge in [0.05, 0.1) is 10.7 Å². The summed E-state index contributed by atoms with van der Waals surface area (Å²) in [6.07, 6.45) is 1.91. The van der Waals surface area contributed by atoms with E-state index in [4.69, 9.17) is 14.5 Å². The van der Waals surface area contributed by atoms with Crippen molar-refractivity contribution in [2.45, 2.75) is 33.2 Å². The van der Waals surface area contributed by atoms with Gasteiger partial charge in [-0.2, -0.15) is 0 Å². The lowest BCUT2D eigenvalue weighted by atomic mass is 10.1. The average molecular weight is 558 g/mol. The number of halogens is 1. The summed E-state index contributed by atoms with van der Waals surface area (Å²) in [4.78, 5) is 14.4. The first-order valence-electron chi connectivity index (χ1n) is 10.8. The number of aromatic nitrogens is 1. The van der Waals surface area contributed by atoms with Gasteiger partial charge in [-0.05, 0) is 31.0 Å². The summed E-state index contributed by atoms with van der Waals surface area (Å²) in [5.41, 5.74) is 2.42. The maximum absolute atomic E-state index is 5.50. The molecule has 0 aliphatic carbocycles. The number of hydrogen-bond acceptors (Lipinski definition) is 6. The van der Waals surface area contributed by atoms with Crippen LogP contribution in [-0.2, 0) is 19.4 Å². The van der Waals surface area contributed by atoms with E-state index in [9.17, 15) is 0 Å². The van der Waals surface area contributed by atoms with Crippen LogP contribution in [0.15, 0.2) is 28.6 Å². The maximum atomic E-state index is 5.50. The van der Waals surface area contributed by atoms with Crippen LogP contribution in [0.4, 0.5) is 0 Å². The Kier molecular flexibility index (Phi) is 9.21. The molecule has 2 aliphatic rings. The Morgan fingerprint density at radius 1 is 1.16 bits per heavy atom. The molecule has 2 aliphatic heterocycles. The summed E-state index contributed by atoms with van der Waals surface area (Å²) < 4.78 is 10.9. The molecule has 3 heterocycles. The van der Waals surface area contributed by atoms with Crippen LogP contribution in [0.1, 0.15) is 30.1 Å². The van der Waals surface area contributed by atoms with Crippen LogP contribution in [0.25, 0.3) is 0 Å². The number of thiazole rings is 1. The molecule has 9 heteroatoms. The lowest BCUT2D eigenvalue weighted by Crippen LogP contribution is -2.52. The summed E-state index contributed by atoms with van der Waals surface area (Å²) in [6, 6.07) is 6.24. The molecule has 7 nitrogen and oxygen atoms in total. The fraction of sp³-hybridized carbons (Fsp3) is 0.545. The van der Waals surface area contributed by atoms with Crippen molar-refractivity contribution in [2.75, 3.05) is 46.1 Å². The van der Waals surface area contributed by atoms with Crippen molar-refractivity contribution in [1.82, 2.24) is 20.1 Å². The maximum Gasteiger partial charge on any atom is 0.231 e. The van der Waals surface area contributed by atoms with Crippen molar-refractivity contribution in [3.8, 4) is 11.5 Å². The molecule has 4 rings (SSSR count). The van der Waals surface area contributed by atoms with E-state index in [2.05, 4.69) is 51.5 Å². The highest BCUT2D eigenvalue weighted by Crippen LogP contribution is 2.32. The van der Waals surface area contributed by atoms with E-state index in [0.29, 0.717) is 6.79 Å². The van der Waals surface area contributed by atoms with Crippen molar-refractivity contribution in [1.29, 1.82) is 0 Å². The number of guanidine groups is 1. The first kappa shape index (κ1) is 24.1. The van der Waals surface area contributed by atoms with E-state index >= 15 is 0 Å². The van der Waals surface area contributed by atoms with Crippen molar-refractivity contribution in [2.24, 2.45) is 4.99 Å². The molecule has 1 aromatic carbocycles. The van der Waals surface area contributed by atoms with Crippen LogP contribution in [0.3, 0.4) is 0 Å². The van der Waals surface area contributed by atoms with E-state index in [0.717, 1.165) is 81.8 Å². The zero-order valence-corrected chi connectivity index (χ0v) is 21.4. The highest BCUT2D eigenvalue weighted by atomic mass is 127. The number of piperazine rings is 1. The summed E-state index contributed by atoms with van der Waals surface area (Å²) in [5.74, 6) is 2.73. The summed E-state index contributed by atoms with van der Waals surface area (Å²) in [5, 5.41) is 6.83. The second-order valence-corrected chi connectivity index (χ2v) is 8.47. The van der Waals surface area contributed by atoms with Crippen LogP contribution in [0.5, 0.6) is 11.5 Å². The van der Waals surface area contributed by atoms with Crippen LogP contribution >= 0.6 is 35.3 Å². The Morgan fingerprint density at radius 2 is 1.97 bits per heavy atom. The molecule has 1 aromatic heterocycles. The molecule has 0 unspecified atom stereocenters. The van der Waals surface area contributed by atoms with Crippen molar-refractivity contribution in [3.05, 3.63) is 39.8 Å². The number of nitrogens with one attached hydrogen (secondary N) is 1. The number of aryl methyl sites for hydroxylation is 1. The third kappa shape index (κ3) is 6.45. The number of ether oxygens (including phenoxy) is 2. The zero-order chi connectivity index (χ0) is 20.8. The molecule has 0 saturated carbocycles. The fourth-order valence-corrected chi connectivity index (χ4v) is 4.52. The minimum atomic E-state index is 0. The van der Waals surface area contributed by atoms with Crippen LogP contribution in [0, 0.1) is 0 Å². The molecule has 1 N–H and O–H groups in total. The molecular formula is C22H32IN5O2S. The minimum Gasteiger partial charge on any atom is -0.454 e. The highest BCUT2D eigenvalue weighted by molar-refractivity contribution is 14.0. The molecule has 0 spiro atoms. The van der Waals surface area contributed by atoms with Crippen molar-refractivity contribution in [3.63, 3.8) is 0 Å². The summed E-state index contributed by atoms with van der Waals surface area (Å²) >= 11 is 1.75. The Labute approximate surface area is 205 Å². The topological polar surface area (TPSA) is 62.2 Å². The number of aliphatic imine (C=N–C) groups is 1. The number of benzene rings is 1. The first-order chi connectivity index (χ1) is 14.7. The van der Waals surface area contributed by atoms with Crippen molar-refractivity contribution >= 4 is 41.3 Å². The Bertz CT molecular complexity index is 867. The molecule has 1 fully saturated rings. The van der Waals surface area contributed by atoms with Gasteiger partial charge in [0.25, 0.3) is 0 Å². The molecule has 1 saturated heterocycles. The van der Waals surface area contributed by atoms with Gasteiger partial charge in [-0.1, -0.05) is 13.0 Å². The Hall–Kier alpha value is -1.59. The third-order valence-electron chi connectivity index (χ3n) is 5.38. The predicted molar refractivity (Wildman–Crippen MR) is 136 cm³/mol. The van der Waals surface area contributed by atoms with E-state index in [1.54, 1.807) is 11.3 Å². The van der Waals surface area contributed by atoms with Crippen LogP contribution < -0.4 is 14.8 Å². The highest BCUT2D eigenvalue weighted by Gasteiger charge is 2.21. The van der Waals surface area contributed by atoms with Gasteiger partial charge in [0, 0.05) is 57.6 Å². The van der Waals surface area contributed by atoms with E-state index in [-0.39, 0.29) is 24.0 Å². The standard InChI is InChI=1S/C22H31N5O2S.HI/c1-3-21-25-18(15-30-21)7-8-24-22(23-4-2)27-11-9-26(10-12-27)14-17-5-6-19-20(13-17)29-16-28-19;/h5-6,13,15H,3-4,7-12,14,16H2,1-2H3,(H,23,24);1H. The molecule has 2 aromatic rings. The summed E-state index contributed by atoms with van der Waals surface area (Å²) in [7, 11) is 0. The largest absolute Gasteiger partial charge is 0.454 e. The fourth-order valence-electron chi connectivity index (χ4n) is 3.74.